The molecule has 0 N–H and O–H groups in total. The van der Waals surface area contributed by atoms with Gasteiger partial charge in [0.2, 0.25) is 5.69 Å². The van der Waals surface area contributed by atoms with Crippen LogP contribution in [0.25, 0.3) is 49.4 Å². The first-order valence-electron chi connectivity index (χ1n) is 13.2. The number of hydrogen-bond acceptors (Lipinski definition) is 3. The molecule has 0 fully saturated rings. The van der Waals surface area contributed by atoms with Gasteiger partial charge in [0.1, 0.15) is 5.82 Å². The average molecular weight is 725 g/mol. The summed E-state index contributed by atoms with van der Waals surface area (Å²) in [6.07, 6.45) is 5.60. The van der Waals surface area contributed by atoms with Gasteiger partial charge in [0.15, 0.2) is 0 Å². The molecule has 0 bridgehead atoms. The molecule has 0 unspecified atom stereocenters. The number of rotatable bonds is 5. The average Bonchev–Trinajstić information content (AvgIpc) is 3.61. The number of aryl methyl sites for hydroxylation is 2. The Balaban J connectivity index is 0.00000316. The summed E-state index contributed by atoms with van der Waals surface area (Å²) in [7, 11) is 0. The molecule has 0 saturated heterocycles. The SMILES string of the molecule is [C-]#[N+]c1cccc2c3ccc(Oc4[c-]c(-c5cn(-c6c(C)cccc6C)cn5)ccc4)[c-]c3n(-c3ccccn3)c12.[Pt+2]. The van der Waals surface area contributed by atoms with Crippen LogP contribution in [0.4, 0.5) is 5.69 Å². The molecule has 3 heterocycles. The second-order valence-corrected chi connectivity index (χ2v) is 9.83. The molecule has 0 aliphatic carbocycles. The predicted octanol–water partition coefficient (Wildman–Crippen LogP) is 8.59. The molecule has 204 valence electrons. The van der Waals surface area contributed by atoms with Crippen LogP contribution in [0.5, 0.6) is 11.5 Å². The van der Waals surface area contributed by atoms with Gasteiger partial charge in [-0.15, -0.1) is 41.3 Å². The van der Waals surface area contributed by atoms with E-state index in [0.29, 0.717) is 23.0 Å². The Hall–Kier alpha value is -4.98. The normalized spacial score (nSPS) is 10.9. The molecule has 0 radical (unpaired) electrons. The van der Waals surface area contributed by atoms with Gasteiger partial charge in [-0.2, -0.15) is 6.07 Å². The number of aromatic nitrogens is 4. The van der Waals surface area contributed by atoms with Crippen molar-refractivity contribution in [3.8, 4) is 34.3 Å². The molecule has 0 saturated carbocycles. The fraction of sp³-hybridized carbons (Fsp3) is 0.0571. The van der Waals surface area contributed by atoms with E-state index in [-0.39, 0.29) is 21.1 Å². The molecule has 4 aromatic carbocycles. The molecule has 0 spiro atoms. The first-order chi connectivity index (χ1) is 20.1. The quantitative estimate of drug-likeness (QED) is 0.167. The Bertz CT molecular complexity index is 2100. The smallest absolute Gasteiger partial charge is 0.503 e. The largest absolute Gasteiger partial charge is 2.00 e. The van der Waals surface area contributed by atoms with Gasteiger partial charge in [-0.1, -0.05) is 59.4 Å². The van der Waals surface area contributed by atoms with Gasteiger partial charge in [0, 0.05) is 28.9 Å². The third kappa shape index (κ3) is 4.68. The van der Waals surface area contributed by atoms with E-state index in [2.05, 4.69) is 63.6 Å². The monoisotopic (exact) mass is 724 g/mol. The molecule has 0 aliphatic rings. The zero-order valence-corrected chi connectivity index (χ0v) is 25.0. The number of para-hydroxylation sites is 2. The molecule has 7 aromatic rings. The Labute approximate surface area is 257 Å². The topological polar surface area (TPSA) is 49.2 Å². The summed E-state index contributed by atoms with van der Waals surface area (Å²) in [6, 6.07) is 34.2. The third-order valence-electron chi connectivity index (χ3n) is 7.19. The number of ether oxygens (including phenoxy) is 1. The van der Waals surface area contributed by atoms with E-state index in [0.717, 1.165) is 38.8 Å². The van der Waals surface area contributed by atoms with Crippen molar-refractivity contribution in [3.05, 3.63) is 138 Å². The van der Waals surface area contributed by atoms with Crippen LogP contribution >= 0.6 is 0 Å². The van der Waals surface area contributed by atoms with Crippen molar-refractivity contribution >= 4 is 27.5 Å². The van der Waals surface area contributed by atoms with Crippen molar-refractivity contribution in [1.29, 1.82) is 0 Å². The van der Waals surface area contributed by atoms with Crippen LogP contribution in [-0.2, 0) is 21.1 Å². The summed E-state index contributed by atoms with van der Waals surface area (Å²) >= 11 is 0. The summed E-state index contributed by atoms with van der Waals surface area (Å²) < 4.78 is 10.3. The zero-order chi connectivity index (χ0) is 27.9. The minimum Gasteiger partial charge on any atom is -0.503 e. The van der Waals surface area contributed by atoms with E-state index in [1.807, 2.05) is 83.8 Å². The molecule has 0 aliphatic heterocycles. The Morgan fingerprint density at radius 2 is 1.57 bits per heavy atom. The van der Waals surface area contributed by atoms with Crippen LogP contribution in [-0.4, -0.2) is 19.1 Å². The van der Waals surface area contributed by atoms with Crippen LogP contribution in [0, 0.1) is 32.6 Å². The van der Waals surface area contributed by atoms with Gasteiger partial charge in [0.25, 0.3) is 0 Å². The van der Waals surface area contributed by atoms with Gasteiger partial charge in [-0.3, -0.25) is 4.98 Å². The summed E-state index contributed by atoms with van der Waals surface area (Å²) in [5.41, 5.74) is 7.29. The first-order valence-corrected chi connectivity index (χ1v) is 13.2. The second-order valence-electron chi connectivity index (χ2n) is 9.83. The van der Waals surface area contributed by atoms with Crippen molar-refractivity contribution in [2.24, 2.45) is 0 Å². The van der Waals surface area contributed by atoms with Crippen molar-refractivity contribution in [1.82, 2.24) is 19.1 Å². The molecule has 0 amide bonds. The fourth-order valence-corrected chi connectivity index (χ4v) is 5.39. The molecular formula is C35H23N5OPt. The van der Waals surface area contributed by atoms with Crippen LogP contribution in [0.1, 0.15) is 11.1 Å². The number of hydrogen-bond donors (Lipinski definition) is 0. The standard InChI is InChI=1S/C35H23N5O.Pt/c1-23-9-6-10-24(2)34(23)39-21-31(38-22-39)25-11-7-12-26(19-25)41-27-16-17-28-29-13-8-14-30(36-3)35(29)40(32(28)20-27)33-15-4-5-18-37-33;/h4-18,21-22H,1-2H3;/q-2;+2. The summed E-state index contributed by atoms with van der Waals surface area (Å²) in [5, 5.41) is 1.94. The van der Waals surface area contributed by atoms with Crippen LogP contribution < -0.4 is 4.74 Å². The number of benzene rings is 4. The molecule has 42 heavy (non-hydrogen) atoms. The summed E-state index contributed by atoms with van der Waals surface area (Å²) in [6.45, 7) is 12.0. The minimum absolute atomic E-state index is 0. The van der Waals surface area contributed by atoms with E-state index in [4.69, 9.17) is 11.3 Å². The van der Waals surface area contributed by atoms with E-state index in [1.165, 1.54) is 11.1 Å². The summed E-state index contributed by atoms with van der Waals surface area (Å²) in [4.78, 5) is 13.0. The van der Waals surface area contributed by atoms with Gasteiger partial charge < -0.3 is 13.9 Å². The van der Waals surface area contributed by atoms with E-state index in [1.54, 1.807) is 6.20 Å². The second kappa shape index (κ2) is 11.1. The van der Waals surface area contributed by atoms with Crippen LogP contribution in [0.2, 0.25) is 0 Å². The minimum atomic E-state index is 0. The van der Waals surface area contributed by atoms with E-state index >= 15 is 0 Å². The van der Waals surface area contributed by atoms with Gasteiger partial charge in [-0.25, -0.2) is 9.83 Å². The van der Waals surface area contributed by atoms with Gasteiger partial charge >= 0.3 is 21.1 Å². The Kier molecular flexibility index (Phi) is 7.20. The number of pyridine rings is 1. The first kappa shape index (κ1) is 27.2. The van der Waals surface area contributed by atoms with E-state index < -0.39 is 0 Å². The fourth-order valence-electron chi connectivity index (χ4n) is 5.39. The predicted molar refractivity (Wildman–Crippen MR) is 161 cm³/mol. The van der Waals surface area contributed by atoms with E-state index in [9.17, 15) is 0 Å². The third-order valence-corrected chi connectivity index (χ3v) is 7.19. The van der Waals surface area contributed by atoms with Crippen molar-refractivity contribution in [3.63, 3.8) is 0 Å². The number of imidazole rings is 1. The maximum atomic E-state index is 7.76. The molecule has 7 heteroatoms. The molecular weight excluding hydrogens is 701 g/mol. The maximum absolute atomic E-state index is 7.76. The van der Waals surface area contributed by atoms with Crippen molar-refractivity contribution < 1.29 is 25.8 Å². The summed E-state index contributed by atoms with van der Waals surface area (Å²) in [5.74, 6) is 1.81. The van der Waals surface area contributed by atoms with Crippen molar-refractivity contribution in [2.75, 3.05) is 0 Å². The van der Waals surface area contributed by atoms with Crippen LogP contribution in [0.3, 0.4) is 0 Å². The molecule has 0 atom stereocenters. The Morgan fingerprint density at radius 3 is 2.36 bits per heavy atom. The maximum Gasteiger partial charge on any atom is 2.00 e. The van der Waals surface area contributed by atoms with Gasteiger partial charge in [0.05, 0.1) is 18.6 Å². The van der Waals surface area contributed by atoms with Crippen LogP contribution in [0.15, 0.2) is 104 Å². The van der Waals surface area contributed by atoms with Crippen molar-refractivity contribution in [2.45, 2.75) is 13.8 Å². The Morgan fingerprint density at radius 1 is 0.786 bits per heavy atom. The molecule has 6 nitrogen and oxygen atoms in total. The zero-order valence-electron chi connectivity index (χ0n) is 22.8. The molecule has 3 aromatic heterocycles. The number of nitrogens with zero attached hydrogens (tertiary/aromatic N) is 5. The molecule has 7 rings (SSSR count). The number of fused-ring (bicyclic) bond motifs is 3. The van der Waals surface area contributed by atoms with Gasteiger partial charge in [-0.05, 0) is 43.3 Å².